The van der Waals surface area contributed by atoms with Crippen LogP contribution < -0.4 is 10.0 Å². The van der Waals surface area contributed by atoms with E-state index < -0.39 is 10.0 Å². The van der Waals surface area contributed by atoms with Gasteiger partial charge in [-0.1, -0.05) is 26.2 Å². The monoisotopic (exact) mass is 311 g/mol. The molecule has 118 valence electrons. The molecule has 2 N–H and O–H groups in total. The summed E-state index contributed by atoms with van der Waals surface area (Å²) in [6.45, 7) is 2.77. The predicted octanol–water partition coefficient (Wildman–Crippen LogP) is 2.62. The fourth-order valence-electron chi connectivity index (χ4n) is 2.84. The molecule has 1 heterocycles. The van der Waals surface area contributed by atoms with E-state index in [1.54, 1.807) is 19.2 Å². The number of hydrogen-bond donors (Lipinski definition) is 2. The number of pyridine rings is 1. The smallest absolute Gasteiger partial charge is 0.242 e. The highest BCUT2D eigenvalue weighted by atomic mass is 32.2. The van der Waals surface area contributed by atoms with Crippen molar-refractivity contribution in [2.45, 2.75) is 43.9 Å². The molecular formula is C15H25N3O2S. The molecule has 0 saturated heterocycles. The molecule has 1 aromatic heterocycles. The van der Waals surface area contributed by atoms with E-state index in [-0.39, 0.29) is 4.90 Å². The van der Waals surface area contributed by atoms with Gasteiger partial charge in [-0.15, -0.1) is 0 Å². The van der Waals surface area contributed by atoms with E-state index in [4.69, 9.17) is 0 Å². The molecule has 21 heavy (non-hydrogen) atoms. The molecular weight excluding hydrogens is 286 g/mol. The molecule has 6 heteroatoms. The largest absolute Gasteiger partial charge is 0.373 e. The summed E-state index contributed by atoms with van der Waals surface area (Å²) in [4.78, 5) is 4.27. The average molecular weight is 311 g/mol. The average Bonchev–Trinajstić information content (AvgIpc) is 2.53. The van der Waals surface area contributed by atoms with Crippen LogP contribution in [0.1, 0.15) is 39.0 Å². The molecule has 1 saturated carbocycles. The van der Waals surface area contributed by atoms with Gasteiger partial charge in [-0.05, 0) is 36.8 Å². The first-order chi connectivity index (χ1) is 10.0. The van der Waals surface area contributed by atoms with Crippen molar-refractivity contribution in [2.75, 3.05) is 18.9 Å². The third-order valence-electron chi connectivity index (χ3n) is 4.41. The Morgan fingerprint density at radius 1 is 1.19 bits per heavy atom. The summed E-state index contributed by atoms with van der Waals surface area (Å²) in [6.07, 6.45) is 7.32. The molecule has 0 aliphatic heterocycles. The molecule has 1 aliphatic carbocycles. The lowest BCUT2D eigenvalue weighted by Crippen LogP contribution is -2.31. The summed E-state index contributed by atoms with van der Waals surface area (Å²) < 4.78 is 27.2. The van der Waals surface area contributed by atoms with Crippen molar-refractivity contribution in [1.82, 2.24) is 9.71 Å². The molecule has 0 aromatic carbocycles. The Kier molecular flexibility index (Phi) is 5.58. The second kappa shape index (κ2) is 7.22. The Labute approximate surface area is 127 Å². The van der Waals surface area contributed by atoms with Gasteiger partial charge in [0.2, 0.25) is 10.0 Å². The maximum Gasteiger partial charge on any atom is 0.242 e. The van der Waals surface area contributed by atoms with Gasteiger partial charge in [0.25, 0.3) is 0 Å². The van der Waals surface area contributed by atoms with Gasteiger partial charge in [0.05, 0.1) is 0 Å². The van der Waals surface area contributed by atoms with Gasteiger partial charge in [-0.3, -0.25) is 0 Å². The van der Waals surface area contributed by atoms with E-state index in [0.717, 1.165) is 18.8 Å². The zero-order chi connectivity index (χ0) is 15.3. The molecule has 0 radical (unpaired) electrons. The highest BCUT2D eigenvalue weighted by Crippen LogP contribution is 2.30. The van der Waals surface area contributed by atoms with E-state index in [2.05, 4.69) is 21.9 Å². The lowest BCUT2D eigenvalue weighted by Gasteiger charge is -2.27. The zero-order valence-corrected chi connectivity index (χ0v) is 13.6. The molecule has 0 amide bonds. The van der Waals surface area contributed by atoms with Crippen molar-refractivity contribution in [2.24, 2.45) is 11.8 Å². The SMILES string of the molecule is CCC1CCC(CNS(=O)(=O)c2ccc(NC)nc2)CC1. The summed E-state index contributed by atoms with van der Waals surface area (Å²) in [5, 5.41) is 2.87. The van der Waals surface area contributed by atoms with Gasteiger partial charge in [0, 0.05) is 19.8 Å². The first kappa shape index (κ1) is 16.2. The van der Waals surface area contributed by atoms with Gasteiger partial charge in [-0.2, -0.15) is 0 Å². The molecule has 1 aromatic rings. The number of anilines is 1. The maximum absolute atomic E-state index is 12.2. The summed E-state index contributed by atoms with van der Waals surface area (Å²) in [6, 6.07) is 3.25. The molecule has 1 fully saturated rings. The van der Waals surface area contributed by atoms with E-state index in [9.17, 15) is 8.42 Å². The summed E-state index contributed by atoms with van der Waals surface area (Å²) >= 11 is 0. The molecule has 0 bridgehead atoms. The topological polar surface area (TPSA) is 71.1 Å². The van der Waals surface area contributed by atoms with Crippen LogP contribution in [-0.2, 0) is 10.0 Å². The lowest BCUT2D eigenvalue weighted by atomic mass is 9.81. The van der Waals surface area contributed by atoms with Crippen LogP contribution in [0.2, 0.25) is 0 Å². The summed E-state index contributed by atoms with van der Waals surface area (Å²) in [5.74, 6) is 1.95. The van der Waals surface area contributed by atoms with Crippen molar-refractivity contribution in [1.29, 1.82) is 0 Å². The van der Waals surface area contributed by atoms with E-state index >= 15 is 0 Å². The van der Waals surface area contributed by atoms with Gasteiger partial charge < -0.3 is 5.32 Å². The van der Waals surface area contributed by atoms with Crippen LogP contribution in [0.25, 0.3) is 0 Å². The minimum Gasteiger partial charge on any atom is -0.373 e. The van der Waals surface area contributed by atoms with Crippen LogP contribution in [0.3, 0.4) is 0 Å². The van der Waals surface area contributed by atoms with E-state index in [1.165, 1.54) is 25.5 Å². The van der Waals surface area contributed by atoms with E-state index in [1.807, 2.05) is 0 Å². The van der Waals surface area contributed by atoms with Crippen molar-refractivity contribution >= 4 is 15.8 Å². The van der Waals surface area contributed by atoms with Gasteiger partial charge in [0.15, 0.2) is 0 Å². The molecule has 0 spiro atoms. The quantitative estimate of drug-likeness (QED) is 0.847. The minimum absolute atomic E-state index is 0.226. The number of hydrogen-bond acceptors (Lipinski definition) is 4. The number of nitrogens with zero attached hydrogens (tertiary/aromatic N) is 1. The molecule has 2 rings (SSSR count). The number of sulfonamides is 1. The van der Waals surface area contributed by atoms with Crippen molar-refractivity contribution in [3.63, 3.8) is 0 Å². The van der Waals surface area contributed by atoms with Crippen molar-refractivity contribution in [3.8, 4) is 0 Å². The van der Waals surface area contributed by atoms with Gasteiger partial charge in [0.1, 0.15) is 10.7 Å². The van der Waals surface area contributed by atoms with Crippen molar-refractivity contribution < 1.29 is 8.42 Å². The number of nitrogens with one attached hydrogen (secondary N) is 2. The summed E-state index contributed by atoms with van der Waals surface area (Å²) in [7, 11) is -1.69. The highest BCUT2D eigenvalue weighted by molar-refractivity contribution is 7.89. The standard InChI is InChI=1S/C15H25N3O2S/c1-3-12-4-6-13(7-5-12)10-18-21(19,20)14-8-9-15(16-2)17-11-14/h8-9,11-13,18H,3-7,10H2,1-2H3,(H,16,17). The van der Waals surface area contributed by atoms with E-state index in [0.29, 0.717) is 18.3 Å². The van der Waals surface area contributed by atoms with Crippen LogP contribution in [0.15, 0.2) is 23.2 Å². The summed E-state index contributed by atoms with van der Waals surface area (Å²) in [5.41, 5.74) is 0. The second-order valence-electron chi connectivity index (χ2n) is 5.78. The fourth-order valence-corrected chi connectivity index (χ4v) is 3.90. The van der Waals surface area contributed by atoms with Crippen molar-refractivity contribution in [3.05, 3.63) is 18.3 Å². The Morgan fingerprint density at radius 3 is 2.38 bits per heavy atom. The van der Waals surface area contributed by atoms with Crippen LogP contribution in [0.5, 0.6) is 0 Å². The minimum atomic E-state index is -3.44. The van der Waals surface area contributed by atoms with Crippen LogP contribution in [-0.4, -0.2) is 27.0 Å². The van der Waals surface area contributed by atoms with Crippen LogP contribution >= 0.6 is 0 Å². The van der Waals surface area contributed by atoms with Crippen LogP contribution in [0, 0.1) is 11.8 Å². The molecule has 1 aliphatic rings. The normalized spacial score (nSPS) is 23.0. The van der Waals surface area contributed by atoms with Gasteiger partial charge >= 0.3 is 0 Å². The lowest BCUT2D eigenvalue weighted by molar-refractivity contribution is 0.270. The predicted molar refractivity (Wildman–Crippen MR) is 84.7 cm³/mol. The maximum atomic E-state index is 12.2. The molecule has 0 unspecified atom stereocenters. The number of rotatable bonds is 6. The Morgan fingerprint density at radius 2 is 1.86 bits per heavy atom. The molecule has 5 nitrogen and oxygen atoms in total. The highest BCUT2D eigenvalue weighted by Gasteiger charge is 2.22. The van der Waals surface area contributed by atoms with Gasteiger partial charge in [-0.25, -0.2) is 18.1 Å². The Balaban J connectivity index is 1.89. The van der Waals surface area contributed by atoms with Crippen LogP contribution in [0.4, 0.5) is 5.82 Å². The third-order valence-corrected chi connectivity index (χ3v) is 5.82. The number of aromatic nitrogens is 1. The first-order valence-electron chi connectivity index (χ1n) is 7.68. The molecule has 0 atom stereocenters. The second-order valence-corrected chi connectivity index (χ2v) is 7.54. The fraction of sp³-hybridized carbons (Fsp3) is 0.667. The Bertz CT molecular complexity index is 535. The first-order valence-corrected chi connectivity index (χ1v) is 9.17. The zero-order valence-electron chi connectivity index (χ0n) is 12.8. The Hall–Kier alpha value is -1.14. The third kappa shape index (κ3) is 4.41.